The van der Waals surface area contributed by atoms with E-state index in [9.17, 15) is 0 Å². The van der Waals surface area contributed by atoms with Crippen molar-refractivity contribution in [1.82, 2.24) is 15.1 Å². The fraction of sp³-hybridized carbons (Fsp3) is 0.286. The maximum Gasteiger partial charge on any atom is 0.0651 e. The van der Waals surface area contributed by atoms with Crippen LogP contribution in [0, 0.1) is 0 Å². The van der Waals surface area contributed by atoms with Crippen LogP contribution in [0.4, 0.5) is 5.69 Å². The van der Waals surface area contributed by atoms with Crippen molar-refractivity contribution < 1.29 is 0 Å². The van der Waals surface area contributed by atoms with Gasteiger partial charge in [0.05, 0.1) is 11.7 Å². The predicted molar refractivity (Wildman–Crippen MR) is 105 cm³/mol. The van der Waals surface area contributed by atoms with E-state index in [-0.39, 0.29) is 0 Å². The van der Waals surface area contributed by atoms with Gasteiger partial charge in [-0.3, -0.25) is 10.00 Å². The van der Waals surface area contributed by atoms with E-state index >= 15 is 0 Å². The molecule has 1 aliphatic heterocycles. The first-order valence-corrected chi connectivity index (χ1v) is 8.93. The van der Waals surface area contributed by atoms with Crippen molar-refractivity contribution in [3.63, 3.8) is 0 Å². The van der Waals surface area contributed by atoms with Crippen LogP contribution in [0.1, 0.15) is 24.0 Å². The van der Waals surface area contributed by atoms with Crippen LogP contribution in [0.5, 0.6) is 0 Å². The monoisotopic (exact) mass is 332 g/mol. The van der Waals surface area contributed by atoms with Crippen molar-refractivity contribution in [2.75, 3.05) is 18.4 Å². The molecule has 0 saturated carbocycles. The SMILES string of the molecule is C=Cc1ccc(CN2CCC[C@H](Nc3ccc4[nH]ncc4c3)C2)cc1. The van der Waals surface area contributed by atoms with E-state index in [1.54, 1.807) is 0 Å². The van der Waals surface area contributed by atoms with Gasteiger partial charge in [-0.15, -0.1) is 0 Å². The Morgan fingerprint density at radius 1 is 1.24 bits per heavy atom. The number of nitrogens with one attached hydrogen (secondary N) is 2. The number of hydrogen-bond acceptors (Lipinski definition) is 3. The smallest absolute Gasteiger partial charge is 0.0651 e. The molecule has 0 bridgehead atoms. The Morgan fingerprint density at radius 2 is 2.12 bits per heavy atom. The average molecular weight is 332 g/mol. The van der Waals surface area contributed by atoms with Gasteiger partial charge in [0.15, 0.2) is 0 Å². The van der Waals surface area contributed by atoms with Crippen LogP contribution in [0.25, 0.3) is 17.0 Å². The highest BCUT2D eigenvalue weighted by Gasteiger charge is 2.20. The van der Waals surface area contributed by atoms with Crippen molar-refractivity contribution in [2.45, 2.75) is 25.4 Å². The van der Waals surface area contributed by atoms with Crippen LogP contribution in [0.2, 0.25) is 0 Å². The van der Waals surface area contributed by atoms with Crippen LogP contribution >= 0.6 is 0 Å². The lowest BCUT2D eigenvalue weighted by molar-refractivity contribution is 0.208. The van der Waals surface area contributed by atoms with E-state index in [2.05, 4.69) is 69.5 Å². The lowest BCUT2D eigenvalue weighted by atomic mass is 10.0. The number of aromatic amines is 1. The van der Waals surface area contributed by atoms with Crippen LogP contribution in [-0.2, 0) is 6.54 Å². The second-order valence-electron chi connectivity index (χ2n) is 6.84. The molecule has 1 aromatic heterocycles. The molecule has 3 aromatic rings. The highest BCUT2D eigenvalue weighted by Crippen LogP contribution is 2.21. The first-order chi connectivity index (χ1) is 12.3. The van der Waals surface area contributed by atoms with Gasteiger partial charge < -0.3 is 5.32 Å². The van der Waals surface area contributed by atoms with Crippen LogP contribution in [0.3, 0.4) is 0 Å². The summed E-state index contributed by atoms with van der Waals surface area (Å²) >= 11 is 0. The number of benzene rings is 2. The van der Waals surface area contributed by atoms with Crippen LogP contribution < -0.4 is 5.32 Å². The van der Waals surface area contributed by atoms with Crippen molar-refractivity contribution in [3.8, 4) is 0 Å². The molecule has 0 radical (unpaired) electrons. The summed E-state index contributed by atoms with van der Waals surface area (Å²) in [7, 11) is 0. The second-order valence-corrected chi connectivity index (χ2v) is 6.84. The summed E-state index contributed by atoms with van der Waals surface area (Å²) in [5.41, 5.74) is 4.80. The lowest BCUT2D eigenvalue weighted by Crippen LogP contribution is -2.41. The molecule has 0 amide bonds. The minimum absolute atomic E-state index is 0.491. The molecular weight excluding hydrogens is 308 g/mol. The molecule has 1 atom stereocenters. The second kappa shape index (κ2) is 7.11. The number of nitrogens with zero attached hydrogens (tertiary/aromatic N) is 2. The van der Waals surface area contributed by atoms with Gasteiger partial charge in [-0.25, -0.2) is 0 Å². The molecule has 0 spiro atoms. The molecule has 0 aliphatic carbocycles. The summed E-state index contributed by atoms with van der Waals surface area (Å²) in [5, 5.41) is 11.9. The molecule has 128 valence electrons. The Bertz CT molecular complexity index is 850. The fourth-order valence-electron chi connectivity index (χ4n) is 3.60. The zero-order valence-corrected chi connectivity index (χ0v) is 14.4. The van der Waals surface area contributed by atoms with Crippen molar-refractivity contribution >= 4 is 22.7 Å². The maximum atomic E-state index is 4.09. The molecule has 1 saturated heterocycles. The minimum Gasteiger partial charge on any atom is -0.381 e. The molecule has 4 rings (SSSR count). The van der Waals surface area contributed by atoms with E-state index in [0.29, 0.717) is 6.04 Å². The topological polar surface area (TPSA) is 44.0 Å². The molecule has 0 unspecified atom stereocenters. The number of piperidine rings is 1. The number of anilines is 1. The Hall–Kier alpha value is -2.59. The standard InChI is InChI=1S/C21H24N4/c1-2-16-5-7-17(8-6-16)14-25-11-3-4-20(15-25)23-19-9-10-21-18(12-19)13-22-24-21/h2,5-10,12-13,20,23H,1,3-4,11,14-15H2,(H,22,24)/t20-/m0/s1. The van der Waals surface area contributed by atoms with E-state index in [1.165, 1.54) is 36.2 Å². The lowest BCUT2D eigenvalue weighted by Gasteiger charge is -2.33. The summed E-state index contributed by atoms with van der Waals surface area (Å²) in [5.74, 6) is 0. The Morgan fingerprint density at radius 3 is 2.96 bits per heavy atom. The molecule has 4 heteroatoms. The summed E-state index contributed by atoms with van der Waals surface area (Å²) in [6.07, 6.45) is 6.22. The molecule has 2 N–H and O–H groups in total. The van der Waals surface area contributed by atoms with Crippen molar-refractivity contribution in [1.29, 1.82) is 0 Å². The molecule has 2 heterocycles. The molecular formula is C21H24N4. The summed E-state index contributed by atoms with van der Waals surface area (Å²) in [4.78, 5) is 2.54. The van der Waals surface area contributed by atoms with Crippen molar-refractivity contribution in [2.24, 2.45) is 0 Å². The third-order valence-corrected chi connectivity index (χ3v) is 4.94. The van der Waals surface area contributed by atoms with E-state index < -0.39 is 0 Å². The Labute approximate surface area is 148 Å². The van der Waals surface area contributed by atoms with Crippen LogP contribution in [0.15, 0.2) is 55.2 Å². The average Bonchev–Trinajstić information content (AvgIpc) is 3.10. The third kappa shape index (κ3) is 3.74. The number of likely N-dealkylation sites (tertiary alicyclic amines) is 1. The zero-order chi connectivity index (χ0) is 17.1. The van der Waals surface area contributed by atoms with Gasteiger partial charge in [0, 0.05) is 30.2 Å². The van der Waals surface area contributed by atoms with E-state index in [0.717, 1.165) is 24.0 Å². The Kier molecular flexibility index (Phi) is 4.53. The number of rotatable bonds is 5. The number of fused-ring (bicyclic) bond motifs is 1. The number of hydrogen-bond donors (Lipinski definition) is 2. The summed E-state index contributed by atoms with van der Waals surface area (Å²) < 4.78 is 0. The maximum absolute atomic E-state index is 4.09. The minimum atomic E-state index is 0.491. The molecule has 1 aliphatic rings. The van der Waals surface area contributed by atoms with Gasteiger partial charge in [-0.2, -0.15) is 5.10 Å². The van der Waals surface area contributed by atoms with Gasteiger partial charge in [0.1, 0.15) is 0 Å². The van der Waals surface area contributed by atoms with Gasteiger partial charge in [-0.05, 0) is 48.7 Å². The highest BCUT2D eigenvalue weighted by molar-refractivity contribution is 5.81. The summed E-state index contributed by atoms with van der Waals surface area (Å²) in [6, 6.07) is 15.6. The van der Waals surface area contributed by atoms with Crippen molar-refractivity contribution in [3.05, 3.63) is 66.4 Å². The quantitative estimate of drug-likeness (QED) is 0.733. The largest absolute Gasteiger partial charge is 0.381 e. The molecule has 1 fully saturated rings. The number of H-pyrrole nitrogens is 1. The van der Waals surface area contributed by atoms with Gasteiger partial charge in [0.25, 0.3) is 0 Å². The molecule has 25 heavy (non-hydrogen) atoms. The summed E-state index contributed by atoms with van der Waals surface area (Å²) in [6.45, 7) is 7.07. The van der Waals surface area contributed by atoms with E-state index in [4.69, 9.17) is 0 Å². The third-order valence-electron chi connectivity index (χ3n) is 4.94. The highest BCUT2D eigenvalue weighted by atomic mass is 15.2. The Balaban J connectivity index is 1.38. The normalized spacial score (nSPS) is 18.3. The van der Waals surface area contributed by atoms with Gasteiger partial charge >= 0.3 is 0 Å². The molecule has 4 nitrogen and oxygen atoms in total. The fourth-order valence-corrected chi connectivity index (χ4v) is 3.60. The van der Waals surface area contributed by atoms with Gasteiger partial charge in [-0.1, -0.05) is 36.9 Å². The zero-order valence-electron chi connectivity index (χ0n) is 14.4. The molecule has 2 aromatic carbocycles. The predicted octanol–water partition coefficient (Wildman–Crippen LogP) is 4.28. The first-order valence-electron chi connectivity index (χ1n) is 8.93. The van der Waals surface area contributed by atoms with E-state index in [1.807, 2.05) is 12.3 Å². The van der Waals surface area contributed by atoms with Gasteiger partial charge in [0.2, 0.25) is 0 Å². The number of aromatic nitrogens is 2. The first kappa shape index (κ1) is 15.9. The van der Waals surface area contributed by atoms with Crippen LogP contribution in [-0.4, -0.2) is 34.2 Å².